The van der Waals surface area contributed by atoms with Gasteiger partial charge in [0.1, 0.15) is 0 Å². The molecule has 10 heteroatoms. The fraction of sp³-hybridized carbons (Fsp3) is 0.0455. The number of hydrogen-bond donors (Lipinski definition) is 1. The molecular formula is C22H15BrClN5O2S. The largest absolute Gasteiger partial charge is 0.325 e. The van der Waals surface area contributed by atoms with E-state index in [9.17, 15) is 9.59 Å². The summed E-state index contributed by atoms with van der Waals surface area (Å²) < 4.78 is 2.27. The van der Waals surface area contributed by atoms with Crippen LogP contribution in [0.15, 0.2) is 82.4 Å². The van der Waals surface area contributed by atoms with E-state index in [-0.39, 0.29) is 17.4 Å². The van der Waals surface area contributed by atoms with Crippen molar-refractivity contribution in [1.29, 1.82) is 0 Å². The third-order valence-electron chi connectivity index (χ3n) is 4.39. The van der Waals surface area contributed by atoms with Crippen LogP contribution >= 0.6 is 39.3 Å². The molecule has 0 spiro atoms. The summed E-state index contributed by atoms with van der Waals surface area (Å²) in [4.78, 5) is 25.7. The van der Waals surface area contributed by atoms with Crippen LogP contribution in [0, 0.1) is 0 Å². The van der Waals surface area contributed by atoms with Crippen LogP contribution in [0.2, 0.25) is 5.02 Å². The van der Waals surface area contributed by atoms with Gasteiger partial charge >= 0.3 is 0 Å². The second-order valence-electron chi connectivity index (χ2n) is 6.54. The number of benzene rings is 3. The molecule has 0 unspecified atom stereocenters. The Kier molecular flexibility index (Phi) is 6.99. The molecule has 160 valence electrons. The van der Waals surface area contributed by atoms with Gasteiger partial charge in [-0.15, -0.1) is 5.10 Å². The van der Waals surface area contributed by atoms with Crippen molar-refractivity contribution >= 4 is 56.7 Å². The molecule has 0 saturated heterocycles. The van der Waals surface area contributed by atoms with Gasteiger partial charge in [-0.3, -0.25) is 9.59 Å². The first-order chi connectivity index (χ1) is 15.5. The summed E-state index contributed by atoms with van der Waals surface area (Å²) in [5, 5.41) is 15.3. The van der Waals surface area contributed by atoms with Crippen LogP contribution in [0.25, 0.3) is 5.69 Å². The lowest BCUT2D eigenvalue weighted by Crippen LogP contribution is -2.17. The number of nitrogens with one attached hydrogen (secondary N) is 1. The Labute approximate surface area is 201 Å². The fourth-order valence-electron chi connectivity index (χ4n) is 2.92. The van der Waals surface area contributed by atoms with Gasteiger partial charge in [-0.2, -0.15) is 4.68 Å². The lowest BCUT2D eigenvalue weighted by Gasteiger charge is -2.12. The maximum Gasteiger partial charge on any atom is 0.234 e. The van der Waals surface area contributed by atoms with Gasteiger partial charge in [0.05, 0.1) is 22.2 Å². The number of carbonyl (C=O) groups is 2. The molecule has 32 heavy (non-hydrogen) atoms. The molecule has 4 rings (SSSR count). The highest BCUT2D eigenvalue weighted by Gasteiger charge is 2.19. The third kappa shape index (κ3) is 5.07. The van der Waals surface area contributed by atoms with Gasteiger partial charge in [0, 0.05) is 15.6 Å². The van der Waals surface area contributed by atoms with Crippen molar-refractivity contribution in [3.05, 3.63) is 93.4 Å². The number of carbonyl (C=O) groups excluding carboxylic acids is 2. The number of thioether (sulfide) groups is 1. The summed E-state index contributed by atoms with van der Waals surface area (Å²) in [7, 11) is 0. The first-order valence-corrected chi connectivity index (χ1v) is 11.5. The second kappa shape index (κ2) is 10.1. The fourth-order valence-corrected chi connectivity index (χ4v) is 4.19. The van der Waals surface area contributed by atoms with Gasteiger partial charge in [0.25, 0.3) is 0 Å². The molecule has 0 aliphatic heterocycles. The van der Waals surface area contributed by atoms with Crippen LogP contribution in [0.4, 0.5) is 5.69 Å². The van der Waals surface area contributed by atoms with Crippen molar-refractivity contribution < 1.29 is 9.59 Å². The van der Waals surface area contributed by atoms with Crippen molar-refractivity contribution in [2.24, 2.45) is 0 Å². The van der Waals surface area contributed by atoms with Crippen LogP contribution in [0.1, 0.15) is 15.9 Å². The summed E-state index contributed by atoms with van der Waals surface area (Å²) in [5.74, 6) is -0.524. The standard InChI is InChI=1S/C22H15BrClN5O2S/c23-14-10-11-19(17(12-14)21(31)16-8-4-5-9-18(16)24)25-20(30)13-32-22-26-27-28-29(22)15-6-2-1-3-7-15/h1-12H,13H2,(H,25,30). The van der Waals surface area contributed by atoms with E-state index in [1.807, 2.05) is 30.3 Å². The molecule has 1 amide bonds. The molecule has 3 aromatic carbocycles. The van der Waals surface area contributed by atoms with E-state index in [0.29, 0.717) is 31.5 Å². The van der Waals surface area contributed by atoms with E-state index < -0.39 is 0 Å². The zero-order valence-electron chi connectivity index (χ0n) is 16.4. The third-order valence-corrected chi connectivity index (χ3v) is 6.13. The van der Waals surface area contributed by atoms with Crippen LogP contribution < -0.4 is 5.32 Å². The summed E-state index contributed by atoms with van der Waals surface area (Å²) >= 11 is 10.8. The van der Waals surface area contributed by atoms with Gasteiger partial charge in [-0.25, -0.2) is 0 Å². The van der Waals surface area contributed by atoms with Crippen LogP contribution in [-0.4, -0.2) is 37.7 Å². The molecule has 7 nitrogen and oxygen atoms in total. The maximum atomic E-state index is 13.1. The summed E-state index contributed by atoms with van der Waals surface area (Å²) in [5.41, 5.74) is 1.88. The number of hydrogen-bond acceptors (Lipinski definition) is 6. The topological polar surface area (TPSA) is 89.8 Å². The molecule has 4 aromatic rings. The monoisotopic (exact) mass is 527 g/mol. The minimum absolute atomic E-state index is 0.0585. The smallest absolute Gasteiger partial charge is 0.234 e. The predicted octanol–water partition coefficient (Wildman–Crippen LogP) is 5.04. The average Bonchev–Trinajstić information content (AvgIpc) is 3.28. The summed E-state index contributed by atoms with van der Waals surface area (Å²) in [6, 6.07) is 21.3. The molecule has 1 aromatic heterocycles. The molecule has 0 fully saturated rings. The Hall–Kier alpha value is -3.01. The Morgan fingerprint density at radius 1 is 1.00 bits per heavy atom. The van der Waals surface area contributed by atoms with E-state index in [2.05, 4.69) is 36.8 Å². The lowest BCUT2D eigenvalue weighted by molar-refractivity contribution is -0.113. The van der Waals surface area contributed by atoms with Crippen molar-refractivity contribution in [2.45, 2.75) is 5.16 Å². The number of tetrazole rings is 1. The van der Waals surface area contributed by atoms with E-state index in [1.165, 1.54) is 11.8 Å². The summed E-state index contributed by atoms with van der Waals surface area (Å²) in [6.07, 6.45) is 0. The van der Waals surface area contributed by atoms with E-state index in [0.717, 1.165) is 5.69 Å². The van der Waals surface area contributed by atoms with E-state index in [4.69, 9.17) is 11.6 Å². The number of ketones is 1. The zero-order valence-corrected chi connectivity index (χ0v) is 19.6. The minimum atomic E-state index is -0.298. The highest BCUT2D eigenvalue weighted by molar-refractivity contribution is 9.10. The number of nitrogens with zero attached hydrogens (tertiary/aromatic N) is 4. The number of anilines is 1. The second-order valence-corrected chi connectivity index (χ2v) is 8.81. The van der Waals surface area contributed by atoms with E-state index in [1.54, 1.807) is 47.1 Å². The number of halogens is 2. The number of amides is 1. The molecule has 0 radical (unpaired) electrons. The van der Waals surface area contributed by atoms with Gasteiger partial charge in [0.2, 0.25) is 11.1 Å². The molecule has 0 bridgehead atoms. The molecule has 0 atom stereocenters. The zero-order chi connectivity index (χ0) is 22.5. The highest BCUT2D eigenvalue weighted by atomic mass is 79.9. The lowest BCUT2D eigenvalue weighted by atomic mass is 10.0. The normalized spacial score (nSPS) is 10.7. The Bertz CT molecular complexity index is 1280. The number of para-hydroxylation sites is 1. The van der Waals surface area contributed by atoms with Crippen LogP contribution in [0.3, 0.4) is 0 Å². The molecule has 0 saturated carbocycles. The van der Waals surface area contributed by atoms with E-state index >= 15 is 0 Å². The number of aromatic nitrogens is 4. The van der Waals surface area contributed by atoms with Crippen molar-refractivity contribution in [1.82, 2.24) is 20.2 Å². The van der Waals surface area contributed by atoms with Gasteiger partial charge < -0.3 is 5.32 Å². The predicted molar refractivity (Wildman–Crippen MR) is 128 cm³/mol. The SMILES string of the molecule is O=C(CSc1nnnn1-c1ccccc1)Nc1ccc(Br)cc1C(=O)c1ccccc1Cl. The minimum Gasteiger partial charge on any atom is -0.325 e. The first kappa shape index (κ1) is 22.2. The van der Waals surface area contributed by atoms with Gasteiger partial charge in [-0.05, 0) is 52.9 Å². The molecule has 0 aliphatic carbocycles. The molecular weight excluding hydrogens is 514 g/mol. The molecule has 0 aliphatic rings. The van der Waals surface area contributed by atoms with Gasteiger partial charge in [-0.1, -0.05) is 69.6 Å². The van der Waals surface area contributed by atoms with Gasteiger partial charge in [0.15, 0.2) is 5.78 Å². The van der Waals surface area contributed by atoms with Crippen molar-refractivity contribution in [3.63, 3.8) is 0 Å². The summed E-state index contributed by atoms with van der Waals surface area (Å²) in [6.45, 7) is 0. The average molecular weight is 529 g/mol. The van der Waals surface area contributed by atoms with Crippen LogP contribution in [-0.2, 0) is 4.79 Å². The first-order valence-electron chi connectivity index (χ1n) is 9.38. The molecule has 1 heterocycles. The van der Waals surface area contributed by atoms with Crippen molar-refractivity contribution in [2.75, 3.05) is 11.1 Å². The maximum absolute atomic E-state index is 13.1. The van der Waals surface area contributed by atoms with Crippen LogP contribution in [0.5, 0.6) is 0 Å². The quantitative estimate of drug-likeness (QED) is 0.267. The Morgan fingerprint density at radius 2 is 1.75 bits per heavy atom. The molecule has 1 N–H and O–H groups in total. The van der Waals surface area contributed by atoms with Crippen molar-refractivity contribution in [3.8, 4) is 5.69 Å². The highest BCUT2D eigenvalue weighted by Crippen LogP contribution is 2.27. The number of rotatable bonds is 7. The Balaban J connectivity index is 1.50. The Morgan fingerprint density at radius 3 is 2.53 bits per heavy atom.